The Kier molecular flexibility index (Phi) is 3.75. The fourth-order valence-corrected chi connectivity index (χ4v) is 4.24. The second-order valence-corrected chi connectivity index (χ2v) is 6.89. The summed E-state index contributed by atoms with van der Waals surface area (Å²) >= 11 is 1.72. The second kappa shape index (κ2) is 5.42. The van der Waals surface area contributed by atoms with Crippen molar-refractivity contribution in [1.82, 2.24) is 14.3 Å². The summed E-state index contributed by atoms with van der Waals surface area (Å²) in [4.78, 5) is 20.0. The number of likely N-dealkylation sites (tertiary alicyclic amines) is 1. The zero-order chi connectivity index (χ0) is 15.0. The van der Waals surface area contributed by atoms with E-state index in [0.29, 0.717) is 0 Å². The molecule has 1 aliphatic rings. The Morgan fingerprint density at radius 3 is 3.14 bits per heavy atom. The maximum atomic E-state index is 12.1. The molecule has 0 radical (unpaired) electrons. The van der Waals surface area contributed by atoms with Crippen LogP contribution in [0.4, 0.5) is 0 Å². The van der Waals surface area contributed by atoms with Gasteiger partial charge in [-0.15, -0.1) is 11.3 Å². The number of nitrogens with zero attached hydrogens (tertiary/aromatic N) is 3. The van der Waals surface area contributed by atoms with E-state index in [2.05, 4.69) is 22.9 Å². The maximum absolute atomic E-state index is 12.1. The number of amides is 1. The third-order valence-electron chi connectivity index (χ3n) is 4.32. The number of piperidine rings is 1. The highest BCUT2D eigenvalue weighted by atomic mass is 32.1. The van der Waals surface area contributed by atoms with E-state index in [1.165, 1.54) is 4.83 Å². The molecule has 1 aliphatic heterocycles. The molecule has 3 heterocycles. The summed E-state index contributed by atoms with van der Waals surface area (Å²) in [5.41, 5.74) is 1.05. The molecule has 0 bridgehead atoms. The van der Waals surface area contributed by atoms with Gasteiger partial charge in [-0.25, -0.2) is 4.98 Å². The molecular weight excluding hydrogens is 286 g/mol. The summed E-state index contributed by atoms with van der Waals surface area (Å²) in [5, 5.41) is 2.09. The number of imidazole rings is 1. The van der Waals surface area contributed by atoms with E-state index in [1.54, 1.807) is 18.4 Å². The minimum atomic E-state index is -0.0774. The SMILES string of the molecule is COCC(=O)N1CCC[C@@](C)(c2nc(C)n3ccsc23)C1. The van der Waals surface area contributed by atoms with Crippen LogP contribution in [-0.2, 0) is 14.9 Å². The van der Waals surface area contributed by atoms with Gasteiger partial charge in [0.15, 0.2) is 0 Å². The molecule has 0 saturated carbocycles. The zero-order valence-electron chi connectivity index (χ0n) is 12.8. The molecule has 3 rings (SSSR count). The van der Waals surface area contributed by atoms with E-state index in [4.69, 9.17) is 9.72 Å². The van der Waals surface area contributed by atoms with Crippen molar-refractivity contribution in [2.75, 3.05) is 26.8 Å². The largest absolute Gasteiger partial charge is 0.375 e. The van der Waals surface area contributed by atoms with Gasteiger partial charge in [0, 0.05) is 37.2 Å². The van der Waals surface area contributed by atoms with Gasteiger partial charge in [-0.2, -0.15) is 0 Å². The molecule has 0 N–H and O–H groups in total. The van der Waals surface area contributed by atoms with E-state index in [-0.39, 0.29) is 17.9 Å². The first-order valence-electron chi connectivity index (χ1n) is 7.24. The molecule has 114 valence electrons. The molecule has 0 aliphatic carbocycles. The van der Waals surface area contributed by atoms with E-state index in [9.17, 15) is 4.79 Å². The van der Waals surface area contributed by atoms with Crippen LogP contribution in [0.3, 0.4) is 0 Å². The lowest BCUT2D eigenvalue weighted by Crippen LogP contribution is -2.48. The molecule has 6 heteroatoms. The number of carbonyl (C=O) groups excluding carboxylic acids is 1. The van der Waals surface area contributed by atoms with Crippen LogP contribution in [0.1, 0.15) is 31.3 Å². The van der Waals surface area contributed by atoms with Crippen LogP contribution in [0.5, 0.6) is 0 Å². The first-order chi connectivity index (χ1) is 10.0. The lowest BCUT2D eigenvalue weighted by molar-refractivity contribution is -0.137. The molecule has 1 saturated heterocycles. The number of hydrogen-bond acceptors (Lipinski definition) is 4. The molecule has 5 nitrogen and oxygen atoms in total. The fraction of sp³-hybridized carbons (Fsp3) is 0.600. The summed E-state index contributed by atoms with van der Waals surface area (Å²) in [6.45, 7) is 5.95. The Morgan fingerprint density at radius 2 is 2.38 bits per heavy atom. The van der Waals surface area contributed by atoms with E-state index in [0.717, 1.165) is 37.4 Å². The Labute approximate surface area is 128 Å². The van der Waals surface area contributed by atoms with Crippen LogP contribution >= 0.6 is 11.3 Å². The van der Waals surface area contributed by atoms with Crippen molar-refractivity contribution >= 4 is 22.1 Å². The number of ether oxygens (including phenoxy) is 1. The molecule has 1 fully saturated rings. The number of aromatic nitrogens is 2. The molecule has 1 atom stereocenters. The lowest BCUT2D eigenvalue weighted by Gasteiger charge is -2.39. The Hall–Kier alpha value is -1.40. The molecule has 0 unspecified atom stereocenters. The van der Waals surface area contributed by atoms with Gasteiger partial charge in [0.2, 0.25) is 5.91 Å². The first kappa shape index (κ1) is 14.5. The van der Waals surface area contributed by atoms with Crippen LogP contribution in [0.15, 0.2) is 11.6 Å². The van der Waals surface area contributed by atoms with Gasteiger partial charge in [-0.1, -0.05) is 6.92 Å². The number of fused-ring (bicyclic) bond motifs is 1. The minimum Gasteiger partial charge on any atom is -0.375 e. The average Bonchev–Trinajstić information content (AvgIpc) is 3.04. The number of aryl methyl sites for hydroxylation is 1. The topological polar surface area (TPSA) is 46.8 Å². The fourth-order valence-electron chi connectivity index (χ4n) is 3.22. The van der Waals surface area contributed by atoms with Gasteiger partial charge in [-0.3, -0.25) is 9.20 Å². The highest BCUT2D eigenvalue weighted by Gasteiger charge is 2.38. The smallest absolute Gasteiger partial charge is 0.248 e. The van der Waals surface area contributed by atoms with Crippen molar-refractivity contribution in [2.45, 2.75) is 32.1 Å². The highest BCUT2D eigenvalue weighted by molar-refractivity contribution is 7.15. The normalized spacial score (nSPS) is 22.9. The van der Waals surface area contributed by atoms with Crippen LogP contribution in [0.2, 0.25) is 0 Å². The van der Waals surface area contributed by atoms with Crippen molar-refractivity contribution in [2.24, 2.45) is 0 Å². The zero-order valence-corrected chi connectivity index (χ0v) is 13.6. The quantitative estimate of drug-likeness (QED) is 0.873. The molecule has 0 spiro atoms. The number of carbonyl (C=O) groups is 1. The predicted molar refractivity (Wildman–Crippen MR) is 82.8 cm³/mol. The Morgan fingerprint density at radius 1 is 1.57 bits per heavy atom. The standard InChI is InChI=1S/C15H21N3O2S/c1-11-16-13(14-18(11)7-8-21-14)15(2)5-4-6-17(10-15)12(19)9-20-3/h7-8H,4-6,9-10H2,1-3H3/t15-/m1/s1. The van der Waals surface area contributed by atoms with Crippen LogP contribution in [0, 0.1) is 6.92 Å². The van der Waals surface area contributed by atoms with Crippen LogP contribution in [0.25, 0.3) is 4.83 Å². The van der Waals surface area contributed by atoms with Crippen LogP contribution in [-0.4, -0.2) is 47.0 Å². The van der Waals surface area contributed by atoms with Crippen molar-refractivity contribution < 1.29 is 9.53 Å². The van der Waals surface area contributed by atoms with Crippen molar-refractivity contribution in [1.29, 1.82) is 0 Å². The maximum Gasteiger partial charge on any atom is 0.248 e. The van der Waals surface area contributed by atoms with Gasteiger partial charge >= 0.3 is 0 Å². The van der Waals surface area contributed by atoms with Crippen molar-refractivity contribution in [3.8, 4) is 0 Å². The molecule has 1 amide bonds. The number of thiazole rings is 1. The minimum absolute atomic E-state index is 0.0711. The van der Waals surface area contributed by atoms with Gasteiger partial charge in [0.25, 0.3) is 0 Å². The third-order valence-corrected chi connectivity index (χ3v) is 5.19. The predicted octanol–water partition coefficient (Wildman–Crippen LogP) is 2.23. The summed E-state index contributed by atoms with van der Waals surface area (Å²) < 4.78 is 7.12. The molecule has 0 aromatic carbocycles. The summed E-state index contributed by atoms with van der Waals surface area (Å²) in [7, 11) is 1.56. The number of methoxy groups -OCH3 is 1. The van der Waals surface area contributed by atoms with Gasteiger partial charge in [0.1, 0.15) is 17.3 Å². The molecule has 21 heavy (non-hydrogen) atoms. The molecule has 2 aromatic heterocycles. The Balaban J connectivity index is 1.92. The van der Waals surface area contributed by atoms with Gasteiger partial charge in [-0.05, 0) is 19.8 Å². The second-order valence-electron chi connectivity index (χ2n) is 6.00. The molecular formula is C15H21N3O2S. The van der Waals surface area contributed by atoms with Crippen molar-refractivity contribution in [3.63, 3.8) is 0 Å². The molecule has 2 aromatic rings. The highest BCUT2D eigenvalue weighted by Crippen LogP contribution is 2.37. The summed E-state index contributed by atoms with van der Waals surface area (Å²) in [6.07, 6.45) is 4.13. The van der Waals surface area contributed by atoms with Crippen LogP contribution < -0.4 is 0 Å². The van der Waals surface area contributed by atoms with E-state index < -0.39 is 0 Å². The van der Waals surface area contributed by atoms with Crippen molar-refractivity contribution in [3.05, 3.63) is 23.1 Å². The van der Waals surface area contributed by atoms with Gasteiger partial charge < -0.3 is 9.64 Å². The third kappa shape index (κ3) is 2.46. The summed E-state index contributed by atoms with van der Waals surface area (Å²) in [6, 6.07) is 0. The van der Waals surface area contributed by atoms with E-state index >= 15 is 0 Å². The lowest BCUT2D eigenvalue weighted by atomic mass is 9.79. The Bertz CT molecular complexity index is 663. The average molecular weight is 307 g/mol. The summed E-state index contributed by atoms with van der Waals surface area (Å²) in [5.74, 6) is 1.09. The van der Waals surface area contributed by atoms with Gasteiger partial charge in [0.05, 0.1) is 5.69 Å². The monoisotopic (exact) mass is 307 g/mol. The van der Waals surface area contributed by atoms with E-state index in [1.807, 2.05) is 11.8 Å². The number of hydrogen-bond donors (Lipinski definition) is 0. The first-order valence-corrected chi connectivity index (χ1v) is 8.12. The number of rotatable bonds is 3.